The Morgan fingerprint density at radius 2 is 1.88 bits per heavy atom. The van der Waals surface area contributed by atoms with E-state index in [1.54, 1.807) is 11.8 Å². The number of nitrogens with one attached hydrogen (secondary N) is 1. The van der Waals surface area contributed by atoms with Gasteiger partial charge in [-0.1, -0.05) is 29.8 Å². The Balaban J connectivity index is 1.49. The number of halogens is 1. The van der Waals surface area contributed by atoms with Crippen molar-refractivity contribution in [2.45, 2.75) is 25.0 Å². The van der Waals surface area contributed by atoms with Gasteiger partial charge in [-0.2, -0.15) is 0 Å². The second-order valence-corrected chi connectivity index (χ2v) is 7.69. The Morgan fingerprint density at radius 3 is 2.68 bits per heavy atom. The number of benzene rings is 2. The summed E-state index contributed by atoms with van der Waals surface area (Å²) in [5.41, 5.74) is 3.21. The SMILES string of the molecule is O=C(CSCc1cccc(Cl)c1)Nc1cccc(N2CCCCC2)c1. The molecule has 1 N–H and O–H groups in total. The summed E-state index contributed by atoms with van der Waals surface area (Å²) in [5.74, 6) is 1.24. The molecule has 5 heteroatoms. The van der Waals surface area contributed by atoms with Gasteiger partial charge < -0.3 is 10.2 Å². The molecule has 132 valence electrons. The number of anilines is 2. The van der Waals surface area contributed by atoms with E-state index >= 15 is 0 Å². The van der Waals surface area contributed by atoms with Crippen LogP contribution in [0, 0.1) is 0 Å². The number of hydrogen-bond donors (Lipinski definition) is 1. The zero-order chi connectivity index (χ0) is 17.5. The van der Waals surface area contributed by atoms with Crippen LogP contribution in [0.25, 0.3) is 0 Å². The zero-order valence-electron chi connectivity index (χ0n) is 14.2. The van der Waals surface area contributed by atoms with Crippen molar-refractivity contribution < 1.29 is 4.79 Å². The predicted molar refractivity (Wildman–Crippen MR) is 109 cm³/mol. The highest BCUT2D eigenvalue weighted by Crippen LogP contribution is 2.23. The topological polar surface area (TPSA) is 32.3 Å². The molecule has 2 aromatic carbocycles. The summed E-state index contributed by atoms with van der Waals surface area (Å²) < 4.78 is 0. The standard InChI is InChI=1S/C20H23ClN2OS/c21-17-7-4-6-16(12-17)14-25-15-20(24)22-18-8-5-9-19(13-18)23-10-2-1-3-11-23/h4-9,12-13H,1-3,10-11,14-15H2,(H,22,24). The minimum atomic E-state index is 0.0304. The van der Waals surface area contributed by atoms with Gasteiger partial charge in [0.2, 0.25) is 5.91 Å². The fourth-order valence-corrected chi connectivity index (χ4v) is 4.01. The van der Waals surface area contributed by atoms with Crippen LogP contribution in [0.3, 0.4) is 0 Å². The van der Waals surface area contributed by atoms with Gasteiger partial charge in [-0.3, -0.25) is 4.79 Å². The third kappa shape index (κ3) is 5.68. The quantitative estimate of drug-likeness (QED) is 0.753. The Labute approximate surface area is 158 Å². The molecule has 3 nitrogen and oxygen atoms in total. The van der Waals surface area contributed by atoms with E-state index in [0.29, 0.717) is 5.75 Å². The normalized spacial score (nSPS) is 14.4. The first-order valence-corrected chi connectivity index (χ1v) is 10.2. The molecule has 1 heterocycles. The molecule has 0 atom stereocenters. The van der Waals surface area contributed by atoms with Crippen molar-refractivity contribution in [2.24, 2.45) is 0 Å². The number of nitrogens with zero attached hydrogens (tertiary/aromatic N) is 1. The molecule has 2 aromatic rings. The van der Waals surface area contributed by atoms with Crippen molar-refractivity contribution in [3.63, 3.8) is 0 Å². The van der Waals surface area contributed by atoms with Crippen molar-refractivity contribution in [1.82, 2.24) is 0 Å². The third-order valence-electron chi connectivity index (χ3n) is 4.24. The average Bonchev–Trinajstić information content (AvgIpc) is 2.63. The molecule has 1 aliphatic rings. The van der Waals surface area contributed by atoms with Crippen LogP contribution in [-0.2, 0) is 10.5 Å². The molecule has 25 heavy (non-hydrogen) atoms. The highest BCUT2D eigenvalue weighted by atomic mass is 35.5. The molecule has 0 bridgehead atoms. The van der Waals surface area contributed by atoms with Crippen LogP contribution < -0.4 is 10.2 Å². The predicted octanol–water partition coefficient (Wildman–Crippen LogP) is 5.20. The number of thioether (sulfide) groups is 1. The first-order chi connectivity index (χ1) is 12.2. The Bertz CT molecular complexity index is 716. The summed E-state index contributed by atoms with van der Waals surface area (Å²) in [5, 5.41) is 3.74. The average molecular weight is 375 g/mol. The van der Waals surface area contributed by atoms with Crippen molar-refractivity contribution >= 4 is 40.6 Å². The molecular weight excluding hydrogens is 352 g/mol. The van der Waals surface area contributed by atoms with Gasteiger partial charge in [0.1, 0.15) is 0 Å². The Hall–Kier alpha value is -1.65. The molecule has 1 aliphatic heterocycles. The summed E-state index contributed by atoms with van der Waals surface area (Å²) >= 11 is 7.57. The van der Waals surface area contributed by atoms with Gasteiger partial charge in [0, 0.05) is 35.2 Å². The Kier molecular flexibility index (Phi) is 6.65. The maximum atomic E-state index is 12.2. The van der Waals surface area contributed by atoms with E-state index in [1.807, 2.05) is 36.4 Å². The summed E-state index contributed by atoms with van der Waals surface area (Å²) in [6.45, 7) is 2.21. The maximum absolute atomic E-state index is 12.2. The molecule has 0 radical (unpaired) electrons. The molecule has 0 saturated carbocycles. The summed E-state index contributed by atoms with van der Waals surface area (Å²) in [6, 6.07) is 15.9. The smallest absolute Gasteiger partial charge is 0.234 e. The second-order valence-electron chi connectivity index (χ2n) is 6.27. The Morgan fingerprint density at radius 1 is 1.08 bits per heavy atom. The number of hydrogen-bond acceptors (Lipinski definition) is 3. The van der Waals surface area contributed by atoms with Gasteiger partial charge in [-0.15, -0.1) is 11.8 Å². The first-order valence-electron chi connectivity index (χ1n) is 8.68. The van der Waals surface area contributed by atoms with Gasteiger partial charge in [0.15, 0.2) is 0 Å². The van der Waals surface area contributed by atoms with Crippen LogP contribution in [-0.4, -0.2) is 24.7 Å². The highest BCUT2D eigenvalue weighted by molar-refractivity contribution is 7.99. The van der Waals surface area contributed by atoms with Crippen LogP contribution >= 0.6 is 23.4 Å². The lowest BCUT2D eigenvalue weighted by Gasteiger charge is -2.29. The van der Waals surface area contributed by atoms with Crippen LogP contribution in [0.2, 0.25) is 5.02 Å². The van der Waals surface area contributed by atoms with Gasteiger partial charge in [-0.25, -0.2) is 0 Å². The number of piperidine rings is 1. The molecule has 3 rings (SSSR count). The molecular formula is C20H23ClN2OS. The van der Waals surface area contributed by atoms with Crippen LogP contribution in [0.1, 0.15) is 24.8 Å². The highest BCUT2D eigenvalue weighted by Gasteiger charge is 2.11. The van der Waals surface area contributed by atoms with Crippen LogP contribution in [0.15, 0.2) is 48.5 Å². The van der Waals surface area contributed by atoms with E-state index < -0.39 is 0 Å². The number of carbonyl (C=O) groups excluding carboxylic acids is 1. The van der Waals surface area contributed by atoms with Crippen LogP contribution in [0.4, 0.5) is 11.4 Å². The number of amides is 1. The fourth-order valence-electron chi connectivity index (χ4n) is 3.02. The maximum Gasteiger partial charge on any atom is 0.234 e. The molecule has 0 spiro atoms. The molecule has 0 aromatic heterocycles. The van der Waals surface area contributed by atoms with Gasteiger partial charge in [0.05, 0.1) is 5.75 Å². The summed E-state index contributed by atoms with van der Waals surface area (Å²) in [7, 11) is 0. The lowest BCUT2D eigenvalue weighted by Crippen LogP contribution is -2.29. The van der Waals surface area contributed by atoms with Gasteiger partial charge in [-0.05, 0) is 55.2 Å². The third-order valence-corrected chi connectivity index (χ3v) is 5.48. The summed E-state index contributed by atoms with van der Waals surface area (Å²) in [6.07, 6.45) is 3.81. The van der Waals surface area contributed by atoms with Crippen molar-refractivity contribution in [1.29, 1.82) is 0 Å². The fraction of sp³-hybridized carbons (Fsp3) is 0.350. The van der Waals surface area contributed by atoms with E-state index in [2.05, 4.69) is 22.3 Å². The second kappa shape index (κ2) is 9.16. The van der Waals surface area contributed by atoms with Crippen molar-refractivity contribution in [3.05, 3.63) is 59.1 Å². The van der Waals surface area contributed by atoms with E-state index in [0.717, 1.165) is 35.1 Å². The molecule has 1 saturated heterocycles. The molecule has 0 aliphatic carbocycles. The molecule has 0 unspecified atom stereocenters. The van der Waals surface area contributed by atoms with Crippen LogP contribution in [0.5, 0.6) is 0 Å². The molecule has 1 fully saturated rings. The largest absolute Gasteiger partial charge is 0.371 e. The van der Waals surface area contributed by atoms with E-state index in [4.69, 9.17) is 11.6 Å². The van der Waals surface area contributed by atoms with E-state index in [-0.39, 0.29) is 5.91 Å². The lowest BCUT2D eigenvalue weighted by atomic mass is 10.1. The summed E-state index contributed by atoms with van der Waals surface area (Å²) in [4.78, 5) is 14.6. The van der Waals surface area contributed by atoms with Gasteiger partial charge >= 0.3 is 0 Å². The molecule has 1 amide bonds. The minimum absolute atomic E-state index is 0.0304. The van der Waals surface area contributed by atoms with E-state index in [9.17, 15) is 4.79 Å². The van der Waals surface area contributed by atoms with Gasteiger partial charge in [0.25, 0.3) is 0 Å². The number of carbonyl (C=O) groups is 1. The van der Waals surface area contributed by atoms with E-state index in [1.165, 1.54) is 24.9 Å². The van der Waals surface area contributed by atoms with Crippen molar-refractivity contribution in [2.75, 3.05) is 29.1 Å². The number of rotatable bonds is 6. The minimum Gasteiger partial charge on any atom is -0.371 e. The lowest BCUT2D eigenvalue weighted by molar-refractivity contribution is -0.113. The first kappa shape index (κ1) is 18.2. The zero-order valence-corrected chi connectivity index (χ0v) is 15.8. The van der Waals surface area contributed by atoms with Crippen molar-refractivity contribution in [3.8, 4) is 0 Å². The monoisotopic (exact) mass is 374 g/mol.